The summed E-state index contributed by atoms with van der Waals surface area (Å²) >= 11 is 0. The van der Waals surface area contributed by atoms with Crippen molar-refractivity contribution in [1.82, 2.24) is 9.38 Å². The quantitative estimate of drug-likeness (QED) is 0.815. The van der Waals surface area contributed by atoms with Crippen molar-refractivity contribution in [2.75, 3.05) is 0 Å². The van der Waals surface area contributed by atoms with E-state index in [1.165, 1.54) is 0 Å². The topological polar surface area (TPSA) is 54.6 Å². The molecule has 0 unspecified atom stereocenters. The Balaban J connectivity index is 2.61. The molecule has 0 spiro atoms. The van der Waals surface area contributed by atoms with Gasteiger partial charge in [-0.15, -0.1) is 0 Å². The van der Waals surface area contributed by atoms with E-state index in [2.05, 4.69) is 18.8 Å². The van der Waals surface area contributed by atoms with E-state index in [1.807, 2.05) is 4.40 Å². The van der Waals surface area contributed by atoms with Crippen LogP contribution < -0.4 is 0 Å². The highest BCUT2D eigenvalue weighted by atomic mass is 16.4. The average Bonchev–Trinajstić information content (AvgIpc) is 2.59. The maximum atomic E-state index is 10.8. The second kappa shape index (κ2) is 3.38. The smallest absolute Gasteiger partial charge is 0.335 e. The number of hydrogen-bond acceptors (Lipinski definition) is 2. The van der Waals surface area contributed by atoms with Gasteiger partial charge >= 0.3 is 5.97 Å². The van der Waals surface area contributed by atoms with Gasteiger partial charge in [-0.05, 0) is 12.1 Å². The molecule has 0 aliphatic carbocycles. The maximum absolute atomic E-state index is 10.8. The monoisotopic (exact) mass is 204 g/mol. The Morgan fingerprint density at radius 2 is 2.27 bits per heavy atom. The van der Waals surface area contributed by atoms with Crippen LogP contribution in [0.5, 0.6) is 0 Å². The molecule has 0 bridgehead atoms. The van der Waals surface area contributed by atoms with Gasteiger partial charge in [-0.1, -0.05) is 13.8 Å². The van der Waals surface area contributed by atoms with Crippen LogP contribution in [-0.2, 0) is 0 Å². The van der Waals surface area contributed by atoms with Gasteiger partial charge in [0.15, 0.2) is 0 Å². The maximum Gasteiger partial charge on any atom is 0.335 e. The Hall–Kier alpha value is -1.84. The summed E-state index contributed by atoms with van der Waals surface area (Å²) in [5, 5.41) is 8.83. The number of carbonyl (C=O) groups is 1. The predicted molar refractivity (Wildman–Crippen MR) is 56.2 cm³/mol. The first kappa shape index (κ1) is 9.71. The molecule has 0 aliphatic rings. The first-order valence-corrected chi connectivity index (χ1v) is 4.80. The SMILES string of the molecule is CC(C)c1ncc2cc(C(=O)O)ccn12. The average molecular weight is 204 g/mol. The number of imidazole rings is 1. The Morgan fingerprint density at radius 3 is 2.87 bits per heavy atom. The molecule has 0 saturated carbocycles. The van der Waals surface area contributed by atoms with Gasteiger partial charge in [-0.3, -0.25) is 0 Å². The van der Waals surface area contributed by atoms with Crippen LogP contribution in [0.4, 0.5) is 0 Å². The van der Waals surface area contributed by atoms with E-state index in [0.717, 1.165) is 11.3 Å². The van der Waals surface area contributed by atoms with Crippen molar-refractivity contribution in [3.63, 3.8) is 0 Å². The van der Waals surface area contributed by atoms with E-state index in [4.69, 9.17) is 5.11 Å². The standard InChI is InChI=1S/C11H12N2O2/c1-7(2)10-12-6-9-5-8(11(14)15)3-4-13(9)10/h3-7H,1-2H3,(H,14,15). The third-order valence-electron chi connectivity index (χ3n) is 2.32. The van der Waals surface area contributed by atoms with Crippen LogP contribution in [0.3, 0.4) is 0 Å². The Bertz CT molecular complexity index is 514. The van der Waals surface area contributed by atoms with Crippen LogP contribution >= 0.6 is 0 Å². The van der Waals surface area contributed by atoms with Crippen molar-refractivity contribution in [3.8, 4) is 0 Å². The highest BCUT2D eigenvalue weighted by molar-refractivity contribution is 5.88. The summed E-state index contributed by atoms with van der Waals surface area (Å²) < 4.78 is 1.91. The van der Waals surface area contributed by atoms with Crippen molar-refractivity contribution < 1.29 is 9.90 Å². The molecule has 0 amide bonds. The zero-order valence-corrected chi connectivity index (χ0v) is 8.64. The Morgan fingerprint density at radius 1 is 1.53 bits per heavy atom. The summed E-state index contributed by atoms with van der Waals surface area (Å²) in [6.45, 7) is 4.11. The van der Waals surface area contributed by atoms with Crippen LogP contribution in [0.2, 0.25) is 0 Å². The molecule has 4 nitrogen and oxygen atoms in total. The van der Waals surface area contributed by atoms with Crippen molar-refractivity contribution >= 4 is 11.5 Å². The van der Waals surface area contributed by atoms with Gasteiger partial charge in [-0.2, -0.15) is 0 Å². The van der Waals surface area contributed by atoms with Crippen LogP contribution in [0.15, 0.2) is 24.5 Å². The zero-order valence-electron chi connectivity index (χ0n) is 8.64. The summed E-state index contributed by atoms with van der Waals surface area (Å²) in [7, 11) is 0. The molecule has 0 radical (unpaired) electrons. The van der Waals surface area contributed by atoms with Crippen LogP contribution in [0.1, 0.15) is 35.9 Å². The fourth-order valence-corrected chi connectivity index (χ4v) is 1.58. The van der Waals surface area contributed by atoms with E-state index >= 15 is 0 Å². The van der Waals surface area contributed by atoms with Gasteiger partial charge in [0.25, 0.3) is 0 Å². The second-order valence-electron chi connectivity index (χ2n) is 3.79. The van der Waals surface area contributed by atoms with Gasteiger partial charge in [0.2, 0.25) is 0 Å². The number of carboxylic acid groups (broad SMARTS) is 1. The lowest BCUT2D eigenvalue weighted by Crippen LogP contribution is -2.00. The number of aromatic nitrogens is 2. The van der Waals surface area contributed by atoms with Crippen LogP contribution in [-0.4, -0.2) is 20.5 Å². The fourth-order valence-electron chi connectivity index (χ4n) is 1.58. The van der Waals surface area contributed by atoms with E-state index in [-0.39, 0.29) is 5.56 Å². The Labute approximate surface area is 87.2 Å². The molecule has 2 rings (SSSR count). The molecule has 78 valence electrons. The first-order chi connectivity index (χ1) is 7.09. The lowest BCUT2D eigenvalue weighted by molar-refractivity contribution is 0.0697. The fraction of sp³-hybridized carbons (Fsp3) is 0.273. The lowest BCUT2D eigenvalue weighted by Gasteiger charge is -2.04. The number of aromatic carboxylic acids is 1. The van der Waals surface area contributed by atoms with Crippen LogP contribution in [0, 0.1) is 0 Å². The van der Waals surface area contributed by atoms with Crippen LogP contribution in [0.25, 0.3) is 5.52 Å². The van der Waals surface area contributed by atoms with E-state index < -0.39 is 5.97 Å². The molecule has 15 heavy (non-hydrogen) atoms. The van der Waals surface area contributed by atoms with Crippen molar-refractivity contribution in [2.24, 2.45) is 0 Å². The minimum absolute atomic E-state index is 0.290. The normalized spacial score (nSPS) is 11.1. The highest BCUT2D eigenvalue weighted by Crippen LogP contribution is 2.16. The van der Waals surface area contributed by atoms with Gasteiger partial charge in [0.1, 0.15) is 5.82 Å². The molecule has 2 aromatic rings. The number of pyridine rings is 1. The third-order valence-corrected chi connectivity index (χ3v) is 2.32. The van der Waals surface area contributed by atoms with Crippen molar-refractivity contribution in [1.29, 1.82) is 0 Å². The van der Waals surface area contributed by atoms with Gasteiger partial charge in [0.05, 0.1) is 17.3 Å². The van der Waals surface area contributed by atoms with Gasteiger partial charge < -0.3 is 9.51 Å². The first-order valence-electron chi connectivity index (χ1n) is 4.80. The molecule has 0 atom stereocenters. The largest absolute Gasteiger partial charge is 0.478 e. The molecule has 0 saturated heterocycles. The predicted octanol–water partition coefficient (Wildman–Crippen LogP) is 2.16. The Kier molecular flexibility index (Phi) is 2.19. The molecule has 2 heterocycles. The summed E-state index contributed by atoms with van der Waals surface area (Å²) in [5.41, 5.74) is 1.11. The van der Waals surface area contributed by atoms with Crippen molar-refractivity contribution in [3.05, 3.63) is 35.9 Å². The molecular weight excluding hydrogens is 192 g/mol. The highest BCUT2D eigenvalue weighted by Gasteiger charge is 2.09. The molecule has 1 N–H and O–H groups in total. The number of rotatable bonds is 2. The minimum Gasteiger partial charge on any atom is -0.478 e. The summed E-state index contributed by atoms with van der Waals surface area (Å²) in [6.07, 6.45) is 3.45. The number of carboxylic acids is 1. The zero-order chi connectivity index (χ0) is 11.0. The summed E-state index contributed by atoms with van der Waals surface area (Å²) in [4.78, 5) is 15.0. The molecule has 2 aromatic heterocycles. The van der Waals surface area contributed by atoms with E-state index in [9.17, 15) is 4.79 Å². The number of hydrogen-bond donors (Lipinski definition) is 1. The molecule has 4 heteroatoms. The van der Waals surface area contributed by atoms with Crippen molar-refractivity contribution in [2.45, 2.75) is 19.8 Å². The molecule has 0 aromatic carbocycles. The van der Waals surface area contributed by atoms with E-state index in [0.29, 0.717) is 5.92 Å². The summed E-state index contributed by atoms with van der Waals surface area (Å²) in [6, 6.07) is 3.21. The lowest BCUT2D eigenvalue weighted by atomic mass is 10.2. The van der Waals surface area contributed by atoms with Gasteiger partial charge in [0, 0.05) is 12.1 Å². The minimum atomic E-state index is -0.912. The third kappa shape index (κ3) is 1.58. The number of nitrogens with zero attached hydrogens (tertiary/aromatic N) is 2. The molecule has 0 fully saturated rings. The second-order valence-corrected chi connectivity index (χ2v) is 3.79. The number of fused-ring (bicyclic) bond motifs is 1. The summed E-state index contributed by atoms with van der Waals surface area (Å²) in [5.74, 6) is 0.356. The molecular formula is C11H12N2O2. The van der Waals surface area contributed by atoms with Gasteiger partial charge in [-0.25, -0.2) is 9.78 Å². The molecule has 0 aliphatic heterocycles. The van der Waals surface area contributed by atoms with E-state index in [1.54, 1.807) is 24.5 Å².